The van der Waals surface area contributed by atoms with Crippen LogP contribution < -0.4 is 11.1 Å². The molecule has 3 N–H and O–H groups in total. The van der Waals surface area contributed by atoms with Crippen LogP contribution in [0.4, 0.5) is 0 Å². The van der Waals surface area contributed by atoms with Crippen molar-refractivity contribution >= 4 is 5.91 Å². The van der Waals surface area contributed by atoms with Crippen molar-refractivity contribution in [3.05, 3.63) is 35.4 Å². The minimum Gasteiger partial charge on any atom is -0.355 e. The Morgan fingerprint density at radius 2 is 1.89 bits per heavy atom. The highest BCUT2D eigenvalue weighted by Gasteiger charge is 2.40. The molecule has 18 heavy (non-hydrogen) atoms. The third-order valence-corrected chi connectivity index (χ3v) is 3.99. The van der Waals surface area contributed by atoms with Gasteiger partial charge in [-0.25, -0.2) is 0 Å². The first-order valence-corrected chi connectivity index (χ1v) is 6.72. The average Bonchev–Trinajstić information content (AvgIpc) is 3.18. The van der Waals surface area contributed by atoms with Gasteiger partial charge < -0.3 is 11.1 Å². The Morgan fingerprint density at radius 1 is 1.28 bits per heavy atom. The molecule has 1 aromatic rings. The molecule has 2 rings (SSSR count). The van der Waals surface area contributed by atoms with E-state index in [1.807, 2.05) is 24.3 Å². The van der Waals surface area contributed by atoms with E-state index in [0.717, 1.165) is 17.7 Å². The summed E-state index contributed by atoms with van der Waals surface area (Å²) in [5, 5.41) is 3.05. The highest BCUT2D eigenvalue weighted by Crippen LogP contribution is 2.47. The van der Waals surface area contributed by atoms with Gasteiger partial charge in [-0.2, -0.15) is 0 Å². The quantitative estimate of drug-likeness (QED) is 0.806. The summed E-state index contributed by atoms with van der Waals surface area (Å²) in [7, 11) is 0. The molecule has 1 saturated carbocycles. The van der Waals surface area contributed by atoms with Crippen molar-refractivity contribution in [2.75, 3.05) is 6.54 Å². The number of nitrogens with one attached hydrogen (secondary N) is 1. The third-order valence-electron chi connectivity index (χ3n) is 3.99. The molecule has 98 valence electrons. The predicted octanol–water partition coefficient (Wildman–Crippen LogP) is 1.99. The normalized spacial score (nSPS) is 16.3. The maximum Gasteiger partial charge on any atom is 0.224 e. The fourth-order valence-electron chi connectivity index (χ4n) is 2.16. The molecular weight excluding hydrogens is 224 g/mol. The van der Waals surface area contributed by atoms with Gasteiger partial charge in [0, 0.05) is 13.1 Å². The Bertz CT molecular complexity index is 407. The fraction of sp³-hybridized carbons (Fsp3) is 0.533. The van der Waals surface area contributed by atoms with Crippen molar-refractivity contribution in [3.63, 3.8) is 0 Å². The Kier molecular flexibility index (Phi) is 4.02. The molecule has 1 aliphatic carbocycles. The van der Waals surface area contributed by atoms with Gasteiger partial charge in [-0.05, 0) is 35.8 Å². The van der Waals surface area contributed by atoms with E-state index >= 15 is 0 Å². The van der Waals surface area contributed by atoms with E-state index in [9.17, 15) is 4.79 Å². The predicted molar refractivity (Wildman–Crippen MR) is 73.0 cm³/mol. The smallest absolute Gasteiger partial charge is 0.224 e. The van der Waals surface area contributed by atoms with Crippen LogP contribution in [0.1, 0.15) is 37.3 Å². The molecule has 0 aliphatic heterocycles. The second-order valence-electron chi connectivity index (χ2n) is 5.33. The summed E-state index contributed by atoms with van der Waals surface area (Å²) >= 11 is 0. The van der Waals surface area contributed by atoms with Gasteiger partial charge in [0.2, 0.25) is 5.91 Å². The highest BCUT2D eigenvalue weighted by molar-refractivity contribution is 5.78. The molecule has 0 radical (unpaired) electrons. The van der Waals surface area contributed by atoms with Crippen molar-refractivity contribution in [2.24, 2.45) is 11.1 Å². The lowest BCUT2D eigenvalue weighted by Crippen LogP contribution is -2.31. The monoisotopic (exact) mass is 246 g/mol. The fourth-order valence-corrected chi connectivity index (χ4v) is 2.16. The molecule has 0 atom stereocenters. The van der Waals surface area contributed by atoms with Gasteiger partial charge in [-0.15, -0.1) is 0 Å². The standard InChI is InChI=1S/C15H22N2O/c1-2-15(7-8-15)11-17-14(18)9-12-3-5-13(10-16)6-4-12/h3-6H,2,7-11,16H2,1H3,(H,17,18). The van der Waals surface area contributed by atoms with E-state index in [4.69, 9.17) is 5.73 Å². The first-order valence-electron chi connectivity index (χ1n) is 6.72. The van der Waals surface area contributed by atoms with Crippen molar-refractivity contribution in [1.82, 2.24) is 5.32 Å². The second-order valence-corrected chi connectivity index (χ2v) is 5.33. The number of carbonyl (C=O) groups is 1. The molecule has 1 fully saturated rings. The molecular formula is C15H22N2O. The Morgan fingerprint density at radius 3 is 2.39 bits per heavy atom. The number of benzene rings is 1. The zero-order valence-electron chi connectivity index (χ0n) is 11.0. The number of nitrogens with two attached hydrogens (primary N) is 1. The molecule has 1 aromatic carbocycles. The summed E-state index contributed by atoms with van der Waals surface area (Å²) in [5.41, 5.74) is 8.10. The topological polar surface area (TPSA) is 55.1 Å². The van der Waals surface area contributed by atoms with Crippen LogP contribution in [0, 0.1) is 5.41 Å². The second kappa shape index (κ2) is 5.53. The van der Waals surface area contributed by atoms with Gasteiger partial charge >= 0.3 is 0 Å². The van der Waals surface area contributed by atoms with Crippen LogP contribution in [0.2, 0.25) is 0 Å². The van der Waals surface area contributed by atoms with E-state index in [-0.39, 0.29) is 5.91 Å². The Balaban J connectivity index is 1.79. The molecule has 1 aliphatic rings. The van der Waals surface area contributed by atoms with E-state index in [0.29, 0.717) is 18.4 Å². The number of carbonyl (C=O) groups excluding carboxylic acids is 1. The van der Waals surface area contributed by atoms with Gasteiger partial charge in [-0.1, -0.05) is 31.2 Å². The van der Waals surface area contributed by atoms with Gasteiger partial charge in [-0.3, -0.25) is 4.79 Å². The Hall–Kier alpha value is -1.35. The third kappa shape index (κ3) is 3.33. The summed E-state index contributed by atoms with van der Waals surface area (Å²) < 4.78 is 0. The number of hydrogen-bond acceptors (Lipinski definition) is 2. The van der Waals surface area contributed by atoms with Crippen LogP contribution >= 0.6 is 0 Å². The minimum atomic E-state index is 0.121. The van der Waals surface area contributed by atoms with Gasteiger partial charge in [0.05, 0.1) is 6.42 Å². The van der Waals surface area contributed by atoms with Crippen LogP contribution in [-0.4, -0.2) is 12.5 Å². The molecule has 0 saturated heterocycles. The largest absolute Gasteiger partial charge is 0.355 e. The van der Waals surface area contributed by atoms with Crippen molar-refractivity contribution in [3.8, 4) is 0 Å². The molecule has 3 nitrogen and oxygen atoms in total. The lowest BCUT2D eigenvalue weighted by Gasteiger charge is -2.13. The average molecular weight is 246 g/mol. The summed E-state index contributed by atoms with van der Waals surface area (Å²) in [6.45, 7) is 3.58. The summed E-state index contributed by atoms with van der Waals surface area (Å²) in [5.74, 6) is 0.121. The molecule has 0 unspecified atom stereocenters. The maximum atomic E-state index is 11.8. The molecule has 3 heteroatoms. The van der Waals surface area contributed by atoms with Gasteiger partial charge in [0.25, 0.3) is 0 Å². The van der Waals surface area contributed by atoms with Crippen molar-refractivity contribution in [1.29, 1.82) is 0 Å². The summed E-state index contributed by atoms with van der Waals surface area (Å²) in [4.78, 5) is 11.8. The highest BCUT2D eigenvalue weighted by atomic mass is 16.1. The number of hydrogen-bond donors (Lipinski definition) is 2. The van der Waals surface area contributed by atoms with Crippen molar-refractivity contribution in [2.45, 2.75) is 39.2 Å². The lowest BCUT2D eigenvalue weighted by molar-refractivity contribution is -0.120. The molecule has 1 amide bonds. The van der Waals surface area contributed by atoms with E-state index < -0.39 is 0 Å². The van der Waals surface area contributed by atoms with Crippen LogP contribution in [0.15, 0.2) is 24.3 Å². The first kappa shape index (κ1) is 13.1. The molecule has 0 heterocycles. The van der Waals surface area contributed by atoms with Gasteiger partial charge in [0.15, 0.2) is 0 Å². The number of amides is 1. The molecule has 0 spiro atoms. The molecule has 0 aromatic heterocycles. The van der Waals surface area contributed by atoms with Gasteiger partial charge in [0.1, 0.15) is 0 Å². The van der Waals surface area contributed by atoms with Crippen molar-refractivity contribution < 1.29 is 4.79 Å². The molecule has 0 bridgehead atoms. The Labute approximate surface area is 109 Å². The van der Waals surface area contributed by atoms with Crippen LogP contribution in [-0.2, 0) is 17.8 Å². The zero-order valence-corrected chi connectivity index (χ0v) is 11.0. The van der Waals surface area contributed by atoms with Crippen LogP contribution in [0.25, 0.3) is 0 Å². The van der Waals surface area contributed by atoms with E-state index in [1.54, 1.807) is 0 Å². The zero-order chi connectivity index (χ0) is 13.0. The van der Waals surface area contributed by atoms with E-state index in [2.05, 4.69) is 12.2 Å². The van der Waals surface area contributed by atoms with Crippen LogP contribution in [0.3, 0.4) is 0 Å². The van der Waals surface area contributed by atoms with E-state index in [1.165, 1.54) is 19.3 Å². The van der Waals surface area contributed by atoms with Crippen LogP contribution in [0.5, 0.6) is 0 Å². The number of rotatable bonds is 6. The summed E-state index contributed by atoms with van der Waals surface area (Å²) in [6.07, 6.45) is 4.15. The lowest BCUT2D eigenvalue weighted by atomic mass is 10.0. The summed E-state index contributed by atoms with van der Waals surface area (Å²) in [6, 6.07) is 7.93. The first-order chi connectivity index (χ1) is 8.67. The minimum absolute atomic E-state index is 0.121. The maximum absolute atomic E-state index is 11.8. The SMILES string of the molecule is CCC1(CNC(=O)Cc2ccc(CN)cc2)CC1.